The largest absolute Gasteiger partial charge is 0.505 e. The average molecular weight is 500 g/mol. The molecule has 10 nitrogen and oxygen atoms in total. The lowest BCUT2D eigenvalue weighted by atomic mass is 10.0. The van der Waals surface area contributed by atoms with Gasteiger partial charge in [0.2, 0.25) is 0 Å². The summed E-state index contributed by atoms with van der Waals surface area (Å²) in [5, 5.41) is 25.7. The molecule has 1 aromatic heterocycles. The van der Waals surface area contributed by atoms with Gasteiger partial charge < -0.3 is 30.2 Å². The monoisotopic (exact) mass is 499 g/mol. The fourth-order valence-corrected chi connectivity index (χ4v) is 5.43. The zero-order valence-corrected chi connectivity index (χ0v) is 20.0. The molecular formula is C24H25N3O7S. The van der Waals surface area contributed by atoms with E-state index in [0.717, 1.165) is 29.3 Å². The zero-order chi connectivity index (χ0) is 25.3. The van der Waals surface area contributed by atoms with Crippen molar-refractivity contribution in [2.45, 2.75) is 31.1 Å². The average Bonchev–Trinajstić information content (AvgIpc) is 3.50. The first-order chi connectivity index (χ1) is 16.7. The van der Waals surface area contributed by atoms with Gasteiger partial charge >= 0.3 is 5.97 Å². The van der Waals surface area contributed by atoms with Crippen LogP contribution in [0.25, 0.3) is 0 Å². The van der Waals surface area contributed by atoms with Crippen LogP contribution in [-0.4, -0.2) is 51.6 Å². The summed E-state index contributed by atoms with van der Waals surface area (Å²) in [5.41, 5.74) is -1.48. The molecule has 2 atom stereocenters. The number of aliphatic carboxylic acids is 1. The Bertz CT molecular complexity index is 1340. The second-order valence-electron chi connectivity index (χ2n) is 8.41. The van der Waals surface area contributed by atoms with Crippen molar-refractivity contribution >= 4 is 40.7 Å². The van der Waals surface area contributed by atoms with Crippen molar-refractivity contribution in [2.24, 2.45) is 0 Å². The van der Waals surface area contributed by atoms with Crippen LogP contribution in [0.5, 0.6) is 5.75 Å². The number of phenols is 1. The number of amides is 1. The van der Waals surface area contributed by atoms with Crippen LogP contribution in [0.2, 0.25) is 0 Å². The van der Waals surface area contributed by atoms with Gasteiger partial charge in [0.05, 0.1) is 17.3 Å². The molecule has 1 aliphatic rings. The highest BCUT2D eigenvalue weighted by Gasteiger charge is 2.33. The Balaban J connectivity index is 1.61. The Kier molecular flexibility index (Phi) is 6.88. The molecule has 3 aromatic rings. The number of hydrogen-bond donors (Lipinski definition) is 4. The number of aryl methyl sites for hydroxylation is 1. The number of furan rings is 1. The highest BCUT2D eigenvalue weighted by atomic mass is 32.2. The van der Waals surface area contributed by atoms with Crippen LogP contribution in [0.1, 0.15) is 40.8 Å². The smallest absolute Gasteiger partial charge is 0.323 e. The number of rotatable bonds is 9. The quantitative estimate of drug-likeness (QED) is 0.256. The van der Waals surface area contributed by atoms with Crippen LogP contribution in [-0.2, 0) is 4.79 Å². The van der Waals surface area contributed by atoms with Gasteiger partial charge in [-0.2, -0.15) is 11.8 Å². The van der Waals surface area contributed by atoms with Gasteiger partial charge in [-0.05, 0) is 49.8 Å². The van der Waals surface area contributed by atoms with Crippen LogP contribution in [0.4, 0.5) is 17.1 Å². The van der Waals surface area contributed by atoms with E-state index in [9.17, 15) is 24.3 Å². The summed E-state index contributed by atoms with van der Waals surface area (Å²) in [5.74, 6) is 0.0256. The fraction of sp³-hybridized carbons (Fsp3) is 0.333. The second kappa shape index (κ2) is 9.87. The zero-order valence-electron chi connectivity index (χ0n) is 19.2. The first-order valence-electron chi connectivity index (χ1n) is 11.0. The molecule has 1 aliphatic heterocycles. The number of nitrogens with one attached hydrogen (secondary N) is 2. The third-order valence-electron chi connectivity index (χ3n) is 5.86. The van der Waals surface area contributed by atoms with Crippen LogP contribution in [0, 0.1) is 6.92 Å². The Hall–Kier alpha value is -3.73. The summed E-state index contributed by atoms with van der Waals surface area (Å²) < 4.78 is 5.82. The topological polar surface area (TPSA) is 149 Å². The summed E-state index contributed by atoms with van der Waals surface area (Å²) in [7, 11) is 1.30. The van der Waals surface area contributed by atoms with Gasteiger partial charge in [0, 0.05) is 12.3 Å². The summed E-state index contributed by atoms with van der Waals surface area (Å²) in [6, 6.07) is 7.63. The van der Waals surface area contributed by atoms with E-state index in [1.54, 1.807) is 11.8 Å². The number of thioether (sulfide) groups is 1. The predicted octanol–water partition coefficient (Wildman–Crippen LogP) is 2.84. The third kappa shape index (κ3) is 4.90. The molecule has 184 valence electrons. The fourth-order valence-electron chi connectivity index (χ4n) is 4.07. The molecule has 1 amide bonds. The van der Waals surface area contributed by atoms with Gasteiger partial charge in [-0.25, -0.2) is 0 Å². The van der Waals surface area contributed by atoms with E-state index in [0.29, 0.717) is 5.76 Å². The van der Waals surface area contributed by atoms with Crippen molar-refractivity contribution in [2.75, 3.05) is 30.0 Å². The molecule has 0 spiro atoms. The van der Waals surface area contributed by atoms with Crippen molar-refractivity contribution in [1.29, 1.82) is 0 Å². The molecule has 4 rings (SSSR count). The highest BCUT2D eigenvalue weighted by Crippen LogP contribution is 2.40. The number of carbonyl (C=O) groups is 2. The normalized spacial score (nSPS) is 16.2. The number of carboxylic acid groups (broad SMARTS) is 1. The molecule has 35 heavy (non-hydrogen) atoms. The molecule has 0 aliphatic carbocycles. The maximum absolute atomic E-state index is 12.6. The van der Waals surface area contributed by atoms with E-state index in [1.807, 2.05) is 19.1 Å². The van der Waals surface area contributed by atoms with E-state index in [-0.39, 0.29) is 33.9 Å². The third-order valence-corrected chi connectivity index (χ3v) is 7.32. The lowest BCUT2D eigenvalue weighted by Gasteiger charge is -2.25. The van der Waals surface area contributed by atoms with E-state index in [4.69, 9.17) is 9.52 Å². The number of benzene rings is 1. The standard InChI is InChI=1S/C24H25N3O7S/c1-12-8-9-15(34-12)18(16-7-4-10-35-16)26-20-19(22(31)23(20)32)25-14-6-3-5-13(21(14)30)24(33)27(2)11-17(28)29/h3,5-6,8-9,16,18,25-26,30H,4,7,10-11H2,1-2H3,(H,28,29)/t16-,18?/m0/s1. The first-order valence-corrected chi connectivity index (χ1v) is 12.1. The number of likely N-dealkylation sites (N-methyl/N-ethyl adjacent to an activating group) is 1. The van der Waals surface area contributed by atoms with Crippen molar-refractivity contribution in [3.63, 3.8) is 0 Å². The number of para-hydroxylation sites is 1. The summed E-state index contributed by atoms with van der Waals surface area (Å²) in [4.78, 5) is 49.3. The molecule has 0 radical (unpaired) electrons. The molecule has 0 saturated carbocycles. The maximum Gasteiger partial charge on any atom is 0.323 e. The molecule has 1 fully saturated rings. The maximum atomic E-state index is 12.6. The highest BCUT2D eigenvalue weighted by molar-refractivity contribution is 8.00. The SMILES string of the molecule is Cc1ccc(C(Nc2c(Nc3cccc(C(=O)N(C)CC(=O)O)c3O)c(=O)c2=O)[C@@H]2CCCS2)o1. The second-order valence-corrected chi connectivity index (χ2v) is 9.76. The minimum absolute atomic E-state index is 0.0231. The Labute approximate surface area is 204 Å². The lowest BCUT2D eigenvalue weighted by Crippen LogP contribution is -2.38. The van der Waals surface area contributed by atoms with E-state index < -0.39 is 35.0 Å². The van der Waals surface area contributed by atoms with Crippen LogP contribution in [0.3, 0.4) is 0 Å². The van der Waals surface area contributed by atoms with Gasteiger partial charge in [0.25, 0.3) is 16.8 Å². The summed E-state index contributed by atoms with van der Waals surface area (Å²) in [6.07, 6.45) is 1.96. The lowest BCUT2D eigenvalue weighted by molar-refractivity contribution is -0.137. The Morgan fingerprint density at radius 1 is 1.20 bits per heavy atom. The molecule has 2 aromatic carbocycles. The first kappa shape index (κ1) is 24.4. The van der Waals surface area contributed by atoms with Crippen molar-refractivity contribution in [3.8, 4) is 5.75 Å². The Morgan fingerprint density at radius 2 is 1.94 bits per heavy atom. The number of nitrogens with zero attached hydrogens (tertiary/aromatic N) is 1. The number of carbonyl (C=O) groups excluding carboxylic acids is 1. The van der Waals surface area contributed by atoms with Gasteiger partial charge in [0.1, 0.15) is 29.4 Å². The molecule has 1 unspecified atom stereocenters. The van der Waals surface area contributed by atoms with E-state index in [2.05, 4.69) is 10.6 Å². The van der Waals surface area contributed by atoms with Gasteiger partial charge in [0.15, 0.2) is 5.75 Å². The van der Waals surface area contributed by atoms with E-state index >= 15 is 0 Å². The number of carboxylic acids is 1. The van der Waals surface area contributed by atoms with Crippen molar-refractivity contribution in [1.82, 2.24) is 4.90 Å². The van der Waals surface area contributed by atoms with Gasteiger partial charge in [-0.3, -0.25) is 19.2 Å². The number of hydrogen-bond acceptors (Lipinski definition) is 9. The molecule has 11 heteroatoms. The minimum Gasteiger partial charge on any atom is -0.505 e. The van der Waals surface area contributed by atoms with Crippen molar-refractivity contribution < 1.29 is 24.2 Å². The van der Waals surface area contributed by atoms with Crippen LogP contribution >= 0.6 is 11.8 Å². The minimum atomic E-state index is -1.20. The van der Waals surface area contributed by atoms with E-state index in [1.165, 1.54) is 25.2 Å². The van der Waals surface area contributed by atoms with Crippen molar-refractivity contribution in [3.05, 3.63) is 67.9 Å². The molecule has 1 saturated heterocycles. The summed E-state index contributed by atoms with van der Waals surface area (Å²) in [6.45, 7) is 1.28. The summed E-state index contributed by atoms with van der Waals surface area (Å²) >= 11 is 1.77. The van der Waals surface area contributed by atoms with Gasteiger partial charge in [-0.1, -0.05) is 6.07 Å². The Morgan fingerprint density at radius 3 is 2.57 bits per heavy atom. The molecule has 0 bridgehead atoms. The molecular weight excluding hydrogens is 474 g/mol. The predicted molar refractivity (Wildman–Crippen MR) is 133 cm³/mol. The number of phenolic OH excluding ortho intramolecular Hbond substituents is 1. The molecule has 4 N–H and O–H groups in total. The number of aromatic hydroxyl groups is 1. The molecule has 2 heterocycles. The van der Waals surface area contributed by atoms with Crippen LogP contribution < -0.4 is 21.5 Å². The van der Waals surface area contributed by atoms with Gasteiger partial charge in [-0.15, -0.1) is 0 Å². The number of anilines is 3. The van der Waals surface area contributed by atoms with Crippen LogP contribution in [0.15, 0.2) is 44.3 Å².